The Morgan fingerprint density at radius 3 is 1.89 bits per heavy atom. The van der Waals surface area contributed by atoms with Gasteiger partial charge in [0.05, 0.1) is 5.71 Å². The van der Waals surface area contributed by atoms with Crippen molar-refractivity contribution in [3.8, 4) is 0 Å². The second-order valence-electron chi connectivity index (χ2n) is 7.96. The molecule has 2 nitrogen and oxygen atoms in total. The molecular weight excluding hydrogens is 456 g/mol. The molecule has 0 aromatic heterocycles. The highest BCUT2D eigenvalue weighted by atomic mass is 32.2. The van der Waals surface area contributed by atoms with Crippen molar-refractivity contribution in [1.82, 2.24) is 4.90 Å². The van der Waals surface area contributed by atoms with E-state index in [9.17, 15) is 0 Å². The molecule has 0 radical (unpaired) electrons. The first kappa shape index (κ1) is 33.2. The van der Waals surface area contributed by atoms with Gasteiger partial charge in [0.15, 0.2) is 0 Å². The molecule has 0 bridgehead atoms. The molecule has 3 heteroatoms. The SMILES string of the molecule is CC=C(/C=C\CN(C/C=C\C=C/C)/C(C)=C/C=C\C)C(=C/C)/C(=C\C)C(CC/C=C\C=C/C)=NSC. The summed E-state index contributed by atoms with van der Waals surface area (Å²) < 4.78 is 4.79. The predicted molar refractivity (Wildman–Crippen MR) is 169 cm³/mol. The van der Waals surface area contributed by atoms with Crippen LogP contribution < -0.4 is 0 Å². The molecule has 0 N–H and O–H groups in total. The summed E-state index contributed by atoms with van der Waals surface area (Å²) in [5.74, 6) is 0. The molecule has 0 aliphatic rings. The Bertz CT molecular complexity index is 944. The minimum Gasteiger partial charge on any atom is -0.368 e. The lowest BCUT2D eigenvalue weighted by atomic mass is 9.91. The molecule has 0 saturated carbocycles. The first-order valence-electron chi connectivity index (χ1n) is 12.9. The summed E-state index contributed by atoms with van der Waals surface area (Å²) in [5.41, 5.74) is 6.02. The fourth-order valence-corrected chi connectivity index (χ4v) is 3.94. The molecule has 0 amide bonds. The Morgan fingerprint density at radius 1 is 0.722 bits per heavy atom. The van der Waals surface area contributed by atoms with Gasteiger partial charge in [-0.3, -0.25) is 0 Å². The van der Waals surface area contributed by atoms with Crippen LogP contribution in [0.4, 0.5) is 0 Å². The fourth-order valence-electron chi connectivity index (χ4n) is 3.53. The molecule has 0 aromatic carbocycles. The van der Waals surface area contributed by atoms with Crippen LogP contribution in [0.25, 0.3) is 0 Å². The highest BCUT2D eigenvalue weighted by Gasteiger charge is 2.13. The zero-order chi connectivity index (χ0) is 27.0. The third-order valence-electron chi connectivity index (χ3n) is 5.41. The maximum atomic E-state index is 4.79. The quantitative estimate of drug-likeness (QED) is 0.118. The summed E-state index contributed by atoms with van der Waals surface area (Å²) in [5, 5.41) is 0. The highest BCUT2D eigenvalue weighted by molar-refractivity contribution is 7.97. The van der Waals surface area contributed by atoms with Crippen molar-refractivity contribution >= 4 is 17.7 Å². The van der Waals surface area contributed by atoms with Crippen LogP contribution in [-0.2, 0) is 0 Å². The summed E-state index contributed by atoms with van der Waals surface area (Å²) in [7, 11) is 0. The molecule has 0 spiro atoms. The third-order valence-corrected chi connectivity index (χ3v) is 5.81. The van der Waals surface area contributed by atoms with Crippen molar-refractivity contribution < 1.29 is 0 Å². The Labute approximate surface area is 226 Å². The van der Waals surface area contributed by atoms with E-state index in [0.29, 0.717) is 0 Å². The molecule has 196 valence electrons. The van der Waals surface area contributed by atoms with Crippen molar-refractivity contribution in [1.29, 1.82) is 0 Å². The van der Waals surface area contributed by atoms with Crippen LogP contribution in [0.1, 0.15) is 61.3 Å². The minimum atomic E-state index is 0.834. The predicted octanol–water partition coefficient (Wildman–Crippen LogP) is 9.93. The van der Waals surface area contributed by atoms with E-state index >= 15 is 0 Å². The standard InChI is InChI=1S/C33H48N2S/c1-9-15-18-20-21-26-33(34-36-8)32(14-6)31(13-5)30(12-4)25-23-28-35(27-22-19-16-10-2)29(7)24-17-11-3/h9-20,22-25H,21,26-28H2,1-8H3/b15-9-,16-10-,17-11-,20-18-,22-19-,25-23-,29-24+,30-12?,31-13-,32-14+,34-33?. The summed E-state index contributed by atoms with van der Waals surface area (Å²) >= 11 is 1.53. The average molecular weight is 505 g/mol. The first-order valence-corrected chi connectivity index (χ1v) is 14.1. The number of rotatable bonds is 16. The normalized spacial score (nSPS) is 15.4. The van der Waals surface area contributed by atoms with Crippen LogP contribution in [0, 0.1) is 0 Å². The van der Waals surface area contributed by atoms with Gasteiger partial charge in [0, 0.05) is 25.0 Å². The molecule has 0 unspecified atom stereocenters. The van der Waals surface area contributed by atoms with Gasteiger partial charge in [0.1, 0.15) is 0 Å². The molecule has 0 aromatic rings. The largest absolute Gasteiger partial charge is 0.368 e. The Hall–Kier alpha value is -2.78. The lowest BCUT2D eigenvalue weighted by Crippen LogP contribution is -2.22. The van der Waals surface area contributed by atoms with E-state index in [1.54, 1.807) is 0 Å². The third kappa shape index (κ3) is 13.9. The van der Waals surface area contributed by atoms with Gasteiger partial charge in [-0.15, -0.1) is 0 Å². The topological polar surface area (TPSA) is 15.6 Å². The average Bonchev–Trinajstić information content (AvgIpc) is 2.89. The fraction of sp³-hybridized carbons (Fsp3) is 0.364. The summed E-state index contributed by atoms with van der Waals surface area (Å²) in [6.45, 7) is 16.3. The van der Waals surface area contributed by atoms with Gasteiger partial charge in [0.2, 0.25) is 0 Å². The van der Waals surface area contributed by atoms with E-state index in [-0.39, 0.29) is 0 Å². The van der Waals surface area contributed by atoms with Crippen LogP contribution in [0.15, 0.2) is 124 Å². The van der Waals surface area contributed by atoms with Crippen molar-refractivity contribution in [3.05, 3.63) is 120 Å². The van der Waals surface area contributed by atoms with Crippen LogP contribution in [-0.4, -0.2) is 30.0 Å². The Kier molecular flexibility index (Phi) is 20.9. The Morgan fingerprint density at radius 2 is 1.33 bits per heavy atom. The zero-order valence-corrected chi connectivity index (χ0v) is 24.7. The molecular formula is C33H48N2S. The van der Waals surface area contributed by atoms with Crippen LogP contribution >= 0.6 is 11.9 Å². The van der Waals surface area contributed by atoms with Gasteiger partial charge in [0.25, 0.3) is 0 Å². The van der Waals surface area contributed by atoms with Crippen molar-refractivity contribution in [2.45, 2.75) is 61.3 Å². The van der Waals surface area contributed by atoms with Crippen LogP contribution in [0.2, 0.25) is 0 Å². The van der Waals surface area contributed by atoms with Crippen molar-refractivity contribution in [2.24, 2.45) is 4.40 Å². The zero-order valence-electron chi connectivity index (χ0n) is 23.9. The Balaban J connectivity index is 5.79. The maximum Gasteiger partial charge on any atom is 0.0564 e. The van der Waals surface area contributed by atoms with Gasteiger partial charge in [-0.2, -0.15) is 0 Å². The van der Waals surface area contributed by atoms with E-state index in [1.165, 1.54) is 34.4 Å². The van der Waals surface area contributed by atoms with Gasteiger partial charge < -0.3 is 4.90 Å². The lowest BCUT2D eigenvalue weighted by molar-refractivity contribution is 0.422. The summed E-state index contributed by atoms with van der Waals surface area (Å²) in [6.07, 6.45) is 38.2. The first-order chi connectivity index (χ1) is 17.5. The molecule has 0 aliphatic heterocycles. The van der Waals surface area contributed by atoms with Gasteiger partial charge >= 0.3 is 0 Å². The highest BCUT2D eigenvalue weighted by Crippen LogP contribution is 2.25. The molecule has 0 aliphatic carbocycles. The number of hydrogen-bond acceptors (Lipinski definition) is 3. The van der Waals surface area contributed by atoms with Crippen molar-refractivity contribution in [3.63, 3.8) is 0 Å². The van der Waals surface area contributed by atoms with E-state index in [1.807, 2.05) is 39.2 Å². The smallest absolute Gasteiger partial charge is 0.0564 e. The molecule has 0 fully saturated rings. The van der Waals surface area contributed by atoms with Gasteiger partial charge in [-0.1, -0.05) is 91.1 Å². The molecule has 0 rings (SSSR count). The van der Waals surface area contributed by atoms with Gasteiger partial charge in [-0.05, 0) is 96.1 Å². The lowest BCUT2D eigenvalue weighted by Gasteiger charge is -2.22. The maximum absolute atomic E-state index is 4.79. The molecule has 0 atom stereocenters. The molecule has 0 heterocycles. The number of hydrogen-bond donors (Lipinski definition) is 0. The van der Waals surface area contributed by atoms with Crippen molar-refractivity contribution in [2.75, 3.05) is 19.3 Å². The summed E-state index contributed by atoms with van der Waals surface area (Å²) in [6, 6.07) is 0. The second kappa shape index (κ2) is 22.7. The van der Waals surface area contributed by atoms with E-state index in [2.05, 4.69) is 118 Å². The van der Waals surface area contributed by atoms with E-state index < -0.39 is 0 Å². The van der Waals surface area contributed by atoms with E-state index in [0.717, 1.165) is 31.6 Å². The summed E-state index contributed by atoms with van der Waals surface area (Å²) in [4.78, 5) is 2.37. The second-order valence-corrected chi connectivity index (χ2v) is 8.50. The minimum absolute atomic E-state index is 0.834. The van der Waals surface area contributed by atoms with Crippen LogP contribution in [0.3, 0.4) is 0 Å². The monoisotopic (exact) mass is 504 g/mol. The molecule has 0 saturated heterocycles. The number of allylic oxidation sites excluding steroid dienone is 18. The van der Waals surface area contributed by atoms with E-state index in [4.69, 9.17) is 4.40 Å². The van der Waals surface area contributed by atoms with Crippen LogP contribution in [0.5, 0.6) is 0 Å². The number of nitrogens with zero attached hydrogens (tertiary/aromatic N) is 2. The molecule has 36 heavy (non-hydrogen) atoms. The van der Waals surface area contributed by atoms with Gasteiger partial charge in [-0.25, -0.2) is 4.40 Å².